The first-order chi connectivity index (χ1) is 20.8. The first-order valence-electron chi connectivity index (χ1n) is 14.7. The van der Waals surface area contributed by atoms with Crippen LogP contribution in [0.5, 0.6) is 0 Å². The molecule has 4 aromatic rings. The van der Waals surface area contributed by atoms with Gasteiger partial charge in [0.15, 0.2) is 0 Å². The second-order valence-corrected chi connectivity index (χ2v) is 10.4. The molecule has 1 aliphatic heterocycles. The summed E-state index contributed by atoms with van der Waals surface area (Å²) in [5.41, 5.74) is 4.38. The van der Waals surface area contributed by atoms with Gasteiger partial charge in [-0.05, 0) is 29.2 Å². The maximum absolute atomic E-state index is 6.72. The van der Waals surface area contributed by atoms with E-state index >= 15 is 0 Å². The normalized spacial score (nSPS) is 22.4. The second kappa shape index (κ2) is 16.2. The minimum atomic E-state index is -0.424. The van der Waals surface area contributed by atoms with Gasteiger partial charge in [-0.3, -0.25) is 0 Å². The molecule has 5 nitrogen and oxygen atoms in total. The summed E-state index contributed by atoms with van der Waals surface area (Å²) < 4.78 is 32.9. The van der Waals surface area contributed by atoms with Gasteiger partial charge in [0.25, 0.3) is 0 Å². The first-order valence-corrected chi connectivity index (χ1v) is 14.7. The van der Waals surface area contributed by atoms with Gasteiger partial charge < -0.3 is 23.7 Å². The number of hydrogen-bond donors (Lipinski definition) is 0. The average molecular weight is 565 g/mol. The molecule has 4 aromatic carbocycles. The Morgan fingerprint density at radius 3 is 1.38 bits per heavy atom. The smallest absolute Gasteiger partial charge is 0.116 e. The van der Waals surface area contributed by atoms with Crippen LogP contribution in [-0.2, 0) is 50.1 Å². The molecule has 5 heteroatoms. The molecule has 0 aromatic heterocycles. The largest absolute Gasteiger partial charge is 0.374 e. The number of ether oxygens (including phenoxy) is 5. The van der Waals surface area contributed by atoms with Crippen molar-refractivity contribution in [2.24, 2.45) is 0 Å². The predicted molar refractivity (Wildman–Crippen MR) is 165 cm³/mol. The van der Waals surface area contributed by atoms with Crippen molar-refractivity contribution < 1.29 is 23.7 Å². The van der Waals surface area contributed by atoms with Crippen molar-refractivity contribution in [3.8, 4) is 0 Å². The van der Waals surface area contributed by atoms with Crippen LogP contribution in [0.15, 0.2) is 133 Å². The molecule has 1 heterocycles. The fourth-order valence-corrected chi connectivity index (χ4v) is 5.17. The van der Waals surface area contributed by atoms with Gasteiger partial charge in [-0.1, -0.05) is 133 Å². The lowest BCUT2D eigenvalue weighted by Gasteiger charge is -2.45. The molecule has 0 amide bonds. The topological polar surface area (TPSA) is 46.2 Å². The van der Waals surface area contributed by atoms with E-state index in [-0.39, 0.29) is 12.2 Å². The Hall–Kier alpha value is -3.58. The Kier molecular flexibility index (Phi) is 11.5. The van der Waals surface area contributed by atoms with Gasteiger partial charge in [-0.25, -0.2) is 0 Å². The number of rotatable bonds is 14. The zero-order chi connectivity index (χ0) is 28.8. The van der Waals surface area contributed by atoms with Crippen LogP contribution in [0.25, 0.3) is 0 Å². The molecule has 218 valence electrons. The van der Waals surface area contributed by atoms with Gasteiger partial charge in [0.2, 0.25) is 0 Å². The zero-order valence-corrected chi connectivity index (χ0v) is 24.2. The number of allylic oxidation sites excluding steroid dienone is 1. The monoisotopic (exact) mass is 564 g/mol. The zero-order valence-electron chi connectivity index (χ0n) is 24.2. The van der Waals surface area contributed by atoms with Gasteiger partial charge in [0.05, 0.1) is 33.0 Å². The minimum absolute atomic E-state index is 0.332. The summed E-state index contributed by atoms with van der Waals surface area (Å²) >= 11 is 0. The van der Waals surface area contributed by atoms with E-state index in [1.807, 2.05) is 91.9 Å². The van der Waals surface area contributed by atoms with Crippen LogP contribution in [0.2, 0.25) is 0 Å². The molecule has 0 N–H and O–H groups in total. The molecule has 0 spiro atoms. The fourth-order valence-electron chi connectivity index (χ4n) is 5.17. The standard InChI is InChI=1S/C37H40O5/c1-2-15-33-35(39-25-30-18-9-4-10-19-30)37(41-27-32-22-13-6-14-23-32)36(40-26-31-20-11-5-12-21-31)34(42-33)28-38-24-29-16-7-3-8-17-29/h2-23,33-37H,24-28H2,1H3/t33-,34-,35+,36-,37-/m1/s1. The molecule has 0 aliphatic carbocycles. The summed E-state index contributed by atoms with van der Waals surface area (Å²) in [6, 6.07) is 40.8. The lowest BCUT2D eigenvalue weighted by Crippen LogP contribution is -2.60. The SMILES string of the molecule is CC=C[C@H]1O[C@H](COCc2ccccc2)[C@@H](OCc2ccccc2)[C@H](OCc2ccccc2)[C@H]1OCc1ccccc1. The summed E-state index contributed by atoms with van der Waals surface area (Å²) in [5.74, 6) is 0. The molecule has 1 saturated heterocycles. The second-order valence-electron chi connectivity index (χ2n) is 10.4. The Morgan fingerprint density at radius 2 is 0.929 bits per heavy atom. The molecule has 5 atom stereocenters. The van der Waals surface area contributed by atoms with Crippen LogP contribution >= 0.6 is 0 Å². The van der Waals surface area contributed by atoms with Crippen LogP contribution in [0.4, 0.5) is 0 Å². The van der Waals surface area contributed by atoms with E-state index in [2.05, 4.69) is 48.5 Å². The van der Waals surface area contributed by atoms with E-state index in [1.54, 1.807) is 0 Å². The highest BCUT2D eigenvalue weighted by atomic mass is 16.6. The number of benzene rings is 4. The molecule has 5 rings (SSSR count). The van der Waals surface area contributed by atoms with E-state index in [4.69, 9.17) is 23.7 Å². The summed E-state index contributed by atoms with van der Waals surface area (Å²) in [6.45, 7) is 4.14. The minimum Gasteiger partial charge on any atom is -0.374 e. The molecule has 0 bridgehead atoms. The van der Waals surface area contributed by atoms with E-state index < -0.39 is 18.3 Å². The molecule has 1 fully saturated rings. The van der Waals surface area contributed by atoms with Crippen molar-refractivity contribution in [2.75, 3.05) is 6.61 Å². The van der Waals surface area contributed by atoms with E-state index in [9.17, 15) is 0 Å². The maximum atomic E-state index is 6.72. The van der Waals surface area contributed by atoms with Crippen molar-refractivity contribution in [3.05, 3.63) is 156 Å². The molecular weight excluding hydrogens is 524 g/mol. The molecule has 1 aliphatic rings. The van der Waals surface area contributed by atoms with Crippen LogP contribution in [0.1, 0.15) is 29.2 Å². The lowest BCUT2D eigenvalue weighted by molar-refractivity contribution is -0.263. The number of hydrogen-bond acceptors (Lipinski definition) is 5. The van der Waals surface area contributed by atoms with Crippen LogP contribution in [0, 0.1) is 0 Å². The third kappa shape index (κ3) is 8.71. The Morgan fingerprint density at radius 1 is 0.524 bits per heavy atom. The quantitative estimate of drug-likeness (QED) is 0.150. The molecule has 42 heavy (non-hydrogen) atoms. The molecule has 0 saturated carbocycles. The van der Waals surface area contributed by atoms with Gasteiger partial charge in [0.1, 0.15) is 30.5 Å². The summed E-state index contributed by atoms with van der Waals surface area (Å²) in [7, 11) is 0. The first kappa shape index (κ1) is 29.9. The van der Waals surface area contributed by atoms with E-state index in [0.717, 1.165) is 22.3 Å². The van der Waals surface area contributed by atoms with Crippen molar-refractivity contribution in [1.29, 1.82) is 0 Å². The maximum Gasteiger partial charge on any atom is 0.116 e. The van der Waals surface area contributed by atoms with Crippen molar-refractivity contribution in [2.45, 2.75) is 63.9 Å². The highest BCUT2D eigenvalue weighted by Gasteiger charge is 2.47. The highest BCUT2D eigenvalue weighted by molar-refractivity contribution is 5.17. The van der Waals surface area contributed by atoms with Crippen LogP contribution in [0.3, 0.4) is 0 Å². The van der Waals surface area contributed by atoms with E-state index in [1.165, 1.54) is 0 Å². The fraction of sp³-hybridized carbons (Fsp3) is 0.297. The van der Waals surface area contributed by atoms with Crippen molar-refractivity contribution >= 4 is 0 Å². The Balaban J connectivity index is 1.41. The molecular formula is C37H40O5. The van der Waals surface area contributed by atoms with Crippen molar-refractivity contribution in [1.82, 2.24) is 0 Å². The van der Waals surface area contributed by atoms with Gasteiger partial charge in [-0.2, -0.15) is 0 Å². The predicted octanol–water partition coefficient (Wildman–Crippen LogP) is 7.30. The van der Waals surface area contributed by atoms with Gasteiger partial charge in [-0.15, -0.1) is 0 Å². The van der Waals surface area contributed by atoms with Crippen molar-refractivity contribution in [3.63, 3.8) is 0 Å². The van der Waals surface area contributed by atoms with Gasteiger partial charge in [0, 0.05) is 0 Å². The Labute approximate surface area is 249 Å². The third-order valence-electron chi connectivity index (χ3n) is 7.30. The third-order valence-corrected chi connectivity index (χ3v) is 7.30. The van der Waals surface area contributed by atoms with Crippen LogP contribution in [-0.4, -0.2) is 37.1 Å². The van der Waals surface area contributed by atoms with Gasteiger partial charge >= 0.3 is 0 Å². The molecule has 0 unspecified atom stereocenters. The summed E-state index contributed by atoms with van der Waals surface area (Å²) in [5, 5.41) is 0. The molecule has 0 radical (unpaired) electrons. The summed E-state index contributed by atoms with van der Waals surface area (Å²) in [6.07, 6.45) is 2.13. The summed E-state index contributed by atoms with van der Waals surface area (Å²) in [4.78, 5) is 0. The highest BCUT2D eigenvalue weighted by Crippen LogP contribution is 2.31. The lowest BCUT2D eigenvalue weighted by atomic mass is 9.93. The van der Waals surface area contributed by atoms with Crippen LogP contribution < -0.4 is 0 Å². The van der Waals surface area contributed by atoms with E-state index in [0.29, 0.717) is 33.0 Å². The average Bonchev–Trinajstić information content (AvgIpc) is 3.05. The Bertz CT molecular complexity index is 1310.